The van der Waals surface area contributed by atoms with Crippen molar-refractivity contribution in [3.05, 3.63) is 0 Å². The highest BCUT2D eigenvalue weighted by molar-refractivity contribution is 5.72. The molecular formula is C12H24N2O7. The molecule has 1 heterocycles. The van der Waals surface area contributed by atoms with Crippen LogP contribution in [0.25, 0.3) is 0 Å². The molecule has 0 aliphatic carbocycles. The molecule has 9 nitrogen and oxygen atoms in total. The molecule has 0 amide bonds. The Balaban J connectivity index is 2.55. The van der Waals surface area contributed by atoms with Crippen LogP contribution in [-0.2, 0) is 14.3 Å². The Kier molecular flexibility index (Phi) is 6.94. The summed E-state index contributed by atoms with van der Waals surface area (Å²) >= 11 is 0. The standard InChI is InChI=1S/C12H24N2O7/c1-5(3-14-6(2)11(17)18)20-10-8(13)12(19)21-7(4-15)9(10)16/h5-10,12,14-16,19H,3-4,13H2,1-2H3,(H,17,18)/t5?,6-,7-,8-,9-,10-,12+/m1/s1. The summed E-state index contributed by atoms with van der Waals surface area (Å²) in [5.41, 5.74) is 5.73. The minimum absolute atomic E-state index is 0.226. The summed E-state index contributed by atoms with van der Waals surface area (Å²) in [6.45, 7) is 2.92. The molecule has 0 aromatic carbocycles. The molecule has 1 saturated heterocycles. The molecule has 0 aromatic heterocycles. The predicted octanol–water partition coefficient (Wildman–Crippen LogP) is -2.78. The van der Waals surface area contributed by atoms with Gasteiger partial charge in [0.2, 0.25) is 0 Å². The van der Waals surface area contributed by atoms with Crippen molar-refractivity contribution >= 4 is 5.97 Å². The van der Waals surface area contributed by atoms with E-state index in [0.717, 1.165) is 0 Å². The number of carboxylic acids is 1. The van der Waals surface area contributed by atoms with Crippen molar-refractivity contribution < 1.29 is 34.7 Å². The van der Waals surface area contributed by atoms with Crippen molar-refractivity contribution in [2.45, 2.75) is 56.6 Å². The van der Waals surface area contributed by atoms with Crippen LogP contribution in [0.3, 0.4) is 0 Å². The van der Waals surface area contributed by atoms with E-state index in [2.05, 4.69) is 5.32 Å². The maximum absolute atomic E-state index is 10.7. The van der Waals surface area contributed by atoms with Crippen LogP contribution in [0.4, 0.5) is 0 Å². The zero-order valence-corrected chi connectivity index (χ0v) is 12.0. The Labute approximate surface area is 122 Å². The van der Waals surface area contributed by atoms with Gasteiger partial charge in [-0.1, -0.05) is 0 Å². The summed E-state index contributed by atoms with van der Waals surface area (Å²) in [6, 6.07) is -1.71. The van der Waals surface area contributed by atoms with Gasteiger partial charge in [-0.25, -0.2) is 0 Å². The summed E-state index contributed by atoms with van der Waals surface area (Å²) in [5, 5.41) is 40.2. The number of carboxylic acid groups (broad SMARTS) is 1. The number of ether oxygens (including phenoxy) is 2. The molecule has 124 valence electrons. The molecular weight excluding hydrogens is 284 g/mol. The number of nitrogens with two attached hydrogens (primary N) is 1. The van der Waals surface area contributed by atoms with Crippen LogP contribution >= 0.6 is 0 Å². The molecule has 0 saturated carbocycles. The Morgan fingerprint density at radius 3 is 2.57 bits per heavy atom. The van der Waals surface area contributed by atoms with Crippen LogP contribution in [0.2, 0.25) is 0 Å². The summed E-state index contributed by atoms with van der Waals surface area (Å²) < 4.78 is 10.5. The molecule has 0 aromatic rings. The van der Waals surface area contributed by atoms with Crippen LogP contribution < -0.4 is 11.1 Å². The lowest BCUT2D eigenvalue weighted by molar-refractivity contribution is -0.262. The normalized spacial score (nSPS) is 36.2. The third-order valence-corrected chi connectivity index (χ3v) is 3.39. The summed E-state index contributed by atoms with van der Waals surface area (Å²) in [7, 11) is 0. The van der Waals surface area contributed by atoms with E-state index in [0.29, 0.717) is 0 Å². The van der Waals surface area contributed by atoms with E-state index < -0.39 is 55.4 Å². The highest BCUT2D eigenvalue weighted by atomic mass is 16.6. The Morgan fingerprint density at radius 2 is 2.05 bits per heavy atom. The minimum Gasteiger partial charge on any atom is -0.480 e. The molecule has 7 N–H and O–H groups in total. The highest BCUT2D eigenvalue weighted by Crippen LogP contribution is 2.22. The fourth-order valence-corrected chi connectivity index (χ4v) is 2.02. The van der Waals surface area contributed by atoms with E-state index in [1.807, 2.05) is 0 Å². The van der Waals surface area contributed by atoms with Crippen molar-refractivity contribution in [1.82, 2.24) is 5.32 Å². The van der Waals surface area contributed by atoms with Gasteiger partial charge in [0.1, 0.15) is 24.4 Å². The van der Waals surface area contributed by atoms with Gasteiger partial charge >= 0.3 is 5.97 Å². The molecule has 1 rings (SSSR count). The first-order valence-corrected chi connectivity index (χ1v) is 6.77. The molecule has 9 heteroatoms. The van der Waals surface area contributed by atoms with E-state index in [4.69, 9.17) is 25.4 Å². The first-order valence-electron chi connectivity index (χ1n) is 6.77. The van der Waals surface area contributed by atoms with Crippen molar-refractivity contribution in [3.63, 3.8) is 0 Å². The lowest BCUT2D eigenvalue weighted by Gasteiger charge is -2.41. The van der Waals surface area contributed by atoms with E-state index in [-0.39, 0.29) is 6.54 Å². The molecule has 1 aliphatic rings. The number of aliphatic carboxylic acids is 1. The average molecular weight is 308 g/mol. The fourth-order valence-electron chi connectivity index (χ4n) is 2.02. The number of rotatable bonds is 7. The fraction of sp³-hybridized carbons (Fsp3) is 0.917. The highest BCUT2D eigenvalue weighted by Gasteiger charge is 2.44. The van der Waals surface area contributed by atoms with Gasteiger partial charge in [0.25, 0.3) is 0 Å². The summed E-state index contributed by atoms with van der Waals surface area (Å²) in [6.07, 6.45) is -4.91. The molecule has 21 heavy (non-hydrogen) atoms. The summed E-state index contributed by atoms with van der Waals surface area (Å²) in [4.78, 5) is 10.7. The first kappa shape index (κ1) is 18.2. The van der Waals surface area contributed by atoms with Crippen molar-refractivity contribution in [2.24, 2.45) is 5.73 Å². The van der Waals surface area contributed by atoms with Gasteiger partial charge in [-0.05, 0) is 13.8 Å². The third kappa shape index (κ3) is 4.85. The number of nitrogens with one attached hydrogen (secondary N) is 1. The van der Waals surface area contributed by atoms with Crippen molar-refractivity contribution in [2.75, 3.05) is 13.2 Å². The monoisotopic (exact) mass is 308 g/mol. The maximum atomic E-state index is 10.7. The quantitative estimate of drug-likeness (QED) is 0.293. The van der Waals surface area contributed by atoms with Gasteiger partial charge < -0.3 is 41.0 Å². The molecule has 1 fully saturated rings. The molecule has 0 bridgehead atoms. The van der Waals surface area contributed by atoms with Crippen LogP contribution in [0, 0.1) is 0 Å². The number of aliphatic hydroxyl groups is 3. The van der Waals surface area contributed by atoms with Gasteiger partial charge in [-0.3, -0.25) is 4.79 Å². The second-order valence-electron chi connectivity index (χ2n) is 5.20. The van der Waals surface area contributed by atoms with Gasteiger partial charge in [-0.2, -0.15) is 0 Å². The Hall–Kier alpha value is -0.810. The van der Waals surface area contributed by atoms with Gasteiger partial charge in [0.15, 0.2) is 6.29 Å². The molecule has 0 spiro atoms. The zero-order chi connectivity index (χ0) is 16.2. The summed E-state index contributed by atoms with van der Waals surface area (Å²) in [5.74, 6) is -0.985. The smallest absolute Gasteiger partial charge is 0.320 e. The second-order valence-corrected chi connectivity index (χ2v) is 5.20. The lowest BCUT2D eigenvalue weighted by Crippen LogP contribution is -2.63. The topological polar surface area (TPSA) is 154 Å². The van der Waals surface area contributed by atoms with Gasteiger partial charge in [0, 0.05) is 6.54 Å². The van der Waals surface area contributed by atoms with E-state index >= 15 is 0 Å². The maximum Gasteiger partial charge on any atom is 0.320 e. The first-order chi connectivity index (χ1) is 9.77. The van der Waals surface area contributed by atoms with E-state index in [1.165, 1.54) is 6.92 Å². The van der Waals surface area contributed by atoms with Crippen LogP contribution in [-0.4, -0.2) is 82.3 Å². The number of carbonyl (C=O) groups is 1. The van der Waals surface area contributed by atoms with Crippen molar-refractivity contribution in [3.8, 4) is 0 Å². The largest absolute Gasteiger partial charge is 0.480 e. The number of hydrogen-bond donors (Lipinski definition) is 6. The Bertz CT molecular complexity index is 344. The van der Waals surface area contributed by atoms with Crippen LogP contribution in [0.15, 0.2) is 0 Å². The van der Waals surface area contributed by atoms with E-state index in [9.17, 15) is 15.0 Å². The number of aliphatic hydroxyl groups excluding tert-OH is 3. The van der Waals surface area contributed by atoms with Gasteiger partial charge in [0.05, 0.1) is 18.8 Å². The second kappa shape index (κ2) is 7.99. The predicted molar refractivity (Wildman–Crippen MR) is 71.4 cm³/mol. The zero-order valence-electron chi connectivity index (χ0n) is 12.0. The number of hydrogen-bond acceptors (Lipinski definition) is 8. The van der Waals surface area contributed by atoms with E-state index in [1.54, 1.807) is 6.92 Å². The molecule has 1 unspecified atom stereocenters. The molecule has 1 aliphatic heterocycles. The van der Waals surface area contributed by atoms with Crippen LogP contribution in [0.5, 0.6) is 0 Å². The average Bonchev–Trinajstić information content (AvgIpc) is 2.44. The molecule has 0 radical (unpaired) electrons. The minimum atomic E-state index is -1.35. The van der Waals surface area contributed by atoms with Crippen molar-refractivity contribution in [1.29, 1.82) is 0 Å². The third-order valence-electron chi connectivity index (χ3n) is 3.39. The lowest BCUT2D eigenvalue weighted by atomic mass is 9.97. The molecule has 7 atom stereocenters. The Morgan fingerprint density at radius 1 is 1.43 bits per heavy atom. The van der Waals surface area contributed by atoms with Crippen LogP contribution in [0.1, 0.15) is 13.8 Å². The SMILES string of the molecule is CC(CN[C@H](C)C(=O)O)O[C@@H]1[C@@H](N)[C@@H](O)O[C@H](CO)[C@H]1O. The van der Waals surface area contributed by atoms with Gasteiger partial charge in [-0.15, -0.1) is 0 Å².